The van der Waals surface area contributed by atoms with Gasteiger partial charge >= 0.3 is 0 Å². The van der Waals surface area contributed by atoms with E-state index < -0.39 is 6.10 Å². The number of hydrogen-bond acceptors (Lipinski definition) is 3. The zero-order chi connectivity index (χ0) is 10.6. The molecule has 1 aromatic heterocycles. The summed E-state index contributed by atoms with van der Waals surface area (Å²) in [4.78, 5) is 0. The molecule has 0 aromatic carbocycles. The second kappa shape index (κ2) is 5.10. The number of nitrogens with zero attached hydrogens (tertiary/aromatic N) is 3. The minimum absolute atomic E-state index is 0.403. The highest BCUT2D eigenvalue weighted by molar-refractivity contribution is 4.97. The van der Waals surface area contributed by atoms with Crippen molar-refractivity contribution in [2.75, 3.05) is 0 Å². The first-order valence-corrected chi connectivity index (χ1v) is 5.32. The zero-order valence-electron chi connectivity index (χ0n) is 9.14. The molecule has 14 heavy (non-hydrogen) atoms. The average molecular weight is 197 g/mol. The van der Waals surface area contributed by atoms with Gasteiger partial charge in [-0.25, -0.2) is 4.68 Å². The summed E-state index contributed by atoms with van der Waals surface area (Å²) < 4.78 is 1.86. The van der Waals surface area contributed by atoms with Crippen molar-refractivity contribution < 1.29 is 5.11 Å². The smallest absolute Gasteiger partial charge is 0.111 e. The lowest BCUT2D eigenvalue weighted by Gasteiger charge is -2.11. The second-order valence-corrected chi connectivity index (χ2v) is 3.52. The van der Waals surface area contributed by atoms with Crippen LogP contribution in [0.4, 0.5) is 0 Å². The van der Waals surface area contributed by atoms with Gasteiger partial charge in [-0.05, 0) is 19.3 Å². The van der Waals surface area contributed by atoms with Crippen LogP contribution in [0.5, 0.6) is 0 Å². The van der Waals surface area contributed by atoms with Crippen molar-refractivity contribution in [2.24, 2.45) is 0 Å². The summed E-state index contributed by atoms with van der Waals surface area (Å²) >= 11 is 0. The quantitative estimate of drug-likeness (QED) is 0.786. The normalized spacial score (nSPS) is 13.5. The highest BCUT2D eigenvalue weighted by Crippen LogP contribution is 2.17. The number of rotatable bonds is 5. The van der Waals surface area contributed by atoms with Gasteiger partial charge in [-0.1, -0.05) is 26.0 Å². The topological polar surface area (TPSA) is 50.9 Å². The summed E-state index contributed by atoms with van der Waals surface area (Å²) in [6.07, 6.45) is 4.15. The molecule has 1 aromatic rings. The van der Waals surface area contributed by atoms with Crippen molar-refractivity contribution in [3.05, 3.63) is 11.9 Å². The minimum Gasteiger partial charge on any atom is -0.387 e. The van der Waals surface area contributed by atoms with Crippen molar-refractivity contribution in [3.63, 3.8) is 0 Å². The largest absolute Gasteiger partial charge is 0.387 e. The Morgan fingerprint density at radius 2 is 1.93 bits per heavy atom. The summed E-state index contributed by atoms with van der Waals surface area (Å²) in [5.74, 6) is 0. The molecule has 1 N–H and O–H groups in total. The van der Waals surface area contributed by atoms with Gasteiger partial charge in [0.2, 0.25) is 0 Å². The van der Waals surface area contributed by atoms with E-state index >= 15 is 0 Å². The van der Waals surface area contributed by atoms with Crippen LogP contribution in [0.1, 0.15) is 57.9 Å². The molecule has 1 unspecified atom stereocenters. The Hall–Kier alpha value is -0.900. The van der Waals surface area contributed by atoms with Crippen LogP contribution < -0.4 is 0 Å². The Morgan fingerprint density at radius 3 is 2.43 bits per heavy atom. The molecular weight excluding hydrogens is 178 g/mol. The molecule has 0 aliphatic carbocycles. The molecule has 0 fully saturated rings. The van der Waals surface area contributed by atoms with E-state index in [0.717, 1.165) is 12.8 Å². The highest BCUT2D eigenvalue weighted by Gasteiger charge is 2.13. The first-order valence-electron chi connectivity index (χ1n) is 5.32. The fraction of sp³-hybridized carbons (Fsp3) is 0.800. The first kappa shape index (κ1) is 11.2. The number of aromatic nitrogens is 3. The molecule has 0 amide bonds. The number of aliphatic hydroxyl groups excluding tert-OH is 1. The lowest BCUT2D eigenvalue weighted by Crippen LogP contribution is -2.07. The predicted molar refractivity (Wildman–Crippen MR) is 54.9 cm³/mol. The monoisotopic (exact) mass is 197 g/mol. The van der Waals surface area contributed by atoms with E-state index in [0.29, 0.717) is 18.2 Å². The molecule has 0 bridgehead atoms. The van der Waals surface area contributed by atoms with Crippen molar-refractivity contribution in [2.45, 2.75) is 52.2 Å². The maximum Gasteiger partial charge on any atom is 0.111 e. The summed E-state index contributed by atoms with van der Waals surface area (Å²) in [5, 5.41) is 17.6. The molecule has 4 nitrogen and oxygen atoms in total. The van der Waals surface area contributed by atoms with Gasteiger partial charge < -0.3 is 5.11 Å². The van der Waals surface area contributed by atoms with Crippen LogP contribution in [0.15, 0.2) is 6.20 Å². The van der Waals surface area contributed by atoms with Crippen LogP contribution in [-0.2, 0) is 0 Å². The van der Waals surface area contributed by atoms with Gasteiger partial charge in [-0.3, -0.25) is 0 Å². The van der Waals surface area contributed by atoms with Crippen molar-refractivity contribution >= 4 is 0 Å². The second-order valence-electron chi connectivity index (χ2n) is 3.52. The van der Waals surface area contributed by atoms with E-state index in [1.807, 2.05) is 17.8 Å². The molecule has 1 heterocycles. The Balaban J connectivity index is 2.76. The van der Waals surface area contributed by atoms with Crippen LogP contribution >= 0.6 is 0 Å². The molecule has 0 spiro atoms. The molecule has 0 aliphatic rings. The predicted octanol–water partition coefficient (Wildman–Crippen LogP) is 2.08. The van der Waals surface area contributed by atoms with Gasteiger partial charge in [0, 0.05) is 0 Å². The molecule has 80 valence electrons. The highest BCUT2D eigenvalue weighted by atomic mass is 16.3. The maximum atomic E-state index is 9.55. The Bertz CT molecular complexity index is 268. The Labute approximate surface area is 84.9 Å². The molecule has 4 heteroatoms. The zero-order valence-corrected chi connectivity index (χ0v) is 9.14. The molecule has 1 rings (SSSR count). The molecule has 1 atom stereocenters. The van der Waals surface area contributed by atoms with Crippen LogP contribution in [0.2, 0.25) is 0 Å². The first-order chi connectivity index (χ1) is 6.72. The van der Waals surface area contributed by atoms with Gasteiger partial charge in [0.15, 0.2) is 0 Å². The molecule has 0 radical (unpaired) electrons. The summed E-state index contributed by atoms with van der Waals surface area (Å²) in [6, 6.07) is 0.403. The molecule has 0 saturated carbocycles. The average Bonchev–Trinajstić information content (AvgIpc) is 2.68. The summed E-state index contributed by atoms with van der Waals surface area (Å²) in [5.41, 5.74) is 0.680. The van der Waals surface area contributed by atoms with Crippen molar-refractivity contribution in [3.8, 4) is 0 Å². The van der Waals surface area contributed by atoms with Crippen LogP contribution in [0.25, 0.3) is 0 Å². The van der Waals surface area contributed by atoms with Crippen LogP contribution in [-0.4, -0.2) is 20.1 Å². The van der Waals surface area contributed by atoms with E-state index in [-0.39, 0.29) is 0 Å². The van der Waals surface area contributed by atoms with Crippen molar-refractivity contribution in [1.82, 2.24) is 15.0 Å². The van der Waals surface area contributed by atoms with Gasteiger partial charge in [-0.2, -0.15) is 0 Å². The van der Waals surface area contributed by atoms with E-state index in [1.165, 1.54) is 0 Å². The third kappa shape index (κ3) is 2.32. The standard InChI is InChI=1S/C10H19N3O/c1-4-8(5-2)13-7-9(11-12-13)10(14)6-3/h7-8,10,14H,4-6H2,1-3H3. The third-order valence-electron chi connectivity index (χ3n) is 2.57. The number of aliphatic hydroxyl groups is 1. The SMILES string of the molecule is CCC(O)c1cn(C(CC)CC)nn1. The summed E-state index contributed by atoms with van der Waals surface area (Å²) in [6.45, 7) is 6.19. The van der Waals surface area contributed by atoms with Gasteiger partial charge in [0.05, 0.1) is 18.3 Å². The Morgan fingerprint density at radius 1 is 1.29 bits per heavy atom. The third-order valence-corrected chi connectivity index (χ3v) is 2.57. The van der Waals surface area contributed by atoms with Gasteiger partial charge in [0.1, 0.15) is 5.69 Å². The minimum atomic E-state index is -0.474. The summed E-state index contributed by atoms with van der Waals surface area (Å²) in [7, 11) is 0. The fourth-order valence-electron chi connectivity index (χ4n) is 1.49. The van der Waals surface area contributed by atoms with E-state index in [2.05, 4.69) is 24.2 Å². The Kier molecular flexibility index (Phi) is 4.07. The lowest BCUT2D eigenvalue weighted by molar-refractivity contribution is 0.168. The maximum absolute atomic E-state index is 9.55. The van der Waals surface area contributed by atoms with Gasteiger partial charge in [0.25, 0.3) is 0 Å². The molecule has 0 aliphatic heterocycles. The van der Waals surface area contributed by atoms with E-state index in [9.17, 15) is 5.11 Å². The van der Waals surface area contributed by atoms with E-state index in [1.54, 1.807) is 0 Å². The van der Waals surface area contributed by atoms with Crippen LogP contribution in [0.3, 0.4) is 0 Å². The van der Waals surface area contributed by atoms with Crippen LogP contribution in [0, 0.1) is 0 Å². The molecular formula is C10H19N3O. The molecule has 0 saturated heterocycles. The van der Waals surface area contributed by atoms with E-state index in [4.69, 9.17) is 0 Å². The number of hydrogen-bond donors (Lipinski definition) is 1. The van der Waals surface area contributed by atoms with Gasteiger partial charge in [-0.15, -0.1) is 5.10 Å². The lowest BCUT2D eigenvalue weighted by atomic mass is 10.2. The fourth-order valence-corrected chi connectivity index (χ4v) is 1.49. The van der Waals surface area contributed by atoms with Crippen molar-refractivity contribution in [1.29, 1.82) is 0 Å².